The maximum absolute atomic E-state index is 12.6. The van der Waals surface area contributed by atoms with Crippen LogP contribution in [0.1, 0.15) is 265 Å². The monoisotopic (exact) mass is 808 g/mol. The molecule has 1 N–H and O–H groups in total. The highest BCUT2D eigenvalue weighted by atomic mass is 16.5. The molecule has 2 unspecified atom stereocenters. The summed E-state index contributed by atoms with van der Waals surface area (Å²) in [6, 6.07) is 0. The van der Waals surface area contributed by atoms with Gasteiger partial charge in [-0.15, -0.1) is 0 Å². The summed E-state index contributed by atoms with van der Waals surface area (Å²) < 4.78 is 11.3. The van der Waals surface area contributed by atoms with Gasteiger partial charge in [-0.25, -0.2) is 0 Å². The normalized spacial score (nSPS) is 12.7. The number of carbonyl (C=O) groups excluding carboxylic acids is 2. The van der Waals surface area contributed by atoms with Crippen LogP contribution in [0.4, 0.5) is 0 Å². The number of rotatable bonds is 47. The number of unbranched alkanes of at least 4 members (excludes halogenated alkanes) is 22. The van der Waals surface area contributed by atoms with E-state index < -0.39 is 0 Å². The molecule has 0 aromatic rings. The Kier molecular flexibility index (Phi) is 45.0. The van der Waals surface area contributed by atoms with Crippen LogP contribution in [-0.4, -0.2) is 61.4 Å². The molecule has 0 aromatic heterocycles. The highest BCUT2D eigenvalue weighted by Crippen LogP contribution is 2.25. The van der Waals surface area contributed by atoms with Gasteiger partial charge >= 0.3 is 11.9 Å². The number of esters is 2. The Morgan fingerprint density at radius 2 is 0.684 bits per heavy atom. The molecule has 6 heteroatoms. The second-order valence-electron chi connectivity index (χ2n) is 17.8. The lowest BCUT2D eigenvalue weighted by Crippen LogP contribution is -2.27. The molecule has 2 atom stereocenters. The van der Waals surface area contributed by atoms with Crippen molar-refractivity contribution in [2.24, 2.45) is 11.8 Å². The van der Waals surface area contributed by atoms with Gasteiger partial charge in [0.25, 0.3) is 0 Å². The molecule has 0 aliphatic carbocycles. The van der Waals surface area contributed by atoms with Gasteiger partial charge in [0.15, 0.2) is 0 Å². The van der Waals surface area contributed by atoms with E-state index >= 15 is 0 Å². The molecule has 6 nitrogen and oxygen atoms in total. The maximum atomic E-state index is 12.6. The van der Waals surface area contributed by atoms with Crippen LogP contribution < -0.4 is 0 Å². The van der Waals surface area contributed by atoms with Crippen LogP contribution in [0.2, 0.25) is 0 Å². The van der Waals surface area contributed by atoms with Crippen LogP contribution in [-0.2, 0) is 19.1 Å². The first-order valence-corrected chi connectivity index (χ1v) is 25.6. The van der Waals surface area contributed by atoms with Gasteiger partial charge in [-0.05, 0) is 89.3 Å². The number of hydrogen-bond donors (Lipinski definition) is 1. The molecule has 0 heterocycles. The van der Waals surface area contributed by atoms with Crippen molar-refractivity contribution in [3.05, 3.63) is 0 Å². The minimum atomic E-state index is 0.00667. The summed E-state index contributed by atoms with van der Waals surface area (Å²) in [4.78, 5) is 27.7. The van der Waals surface area contributed by atoms with Gasteiger partial charge in [0.2, 0.25) is 0 Å². The summed E-state index contributed by atoms with van der Waals surface area (Å²) in [7, 11) is 0. The molecule has 0 amide bonds. The Labute approximate surface area is 356 Å². The lowest BCUT2D eigenvalue weighted by atomic mass is 9.90. The van der Waals surface area contributed by atoms with Crippen LogP contribution in [0.5, 0.6) is 0 Å². The van der Waals surface area contributed by atoms with Gasteiger partial charge in [0, 0.05) is 19.4 Å². The van der Waals surface area contributed by atoms with E-state index in [1.165, 1.54) is 167 Å². The first-order valence-electron chi connectivity index (χ1n) is 25.6. The Morgan fingerprint density at radius 1 is 0.386 bits per heavy atom. The average Bonchev–Trinajstić information content (AvgIpc) is 3.21. The predicted molar refractivity (Wildman–Crippen MR) is 246 cm³/mol. The van der Waals surface area contributed by atoms with Crippen LogP contribution in [0.15, 0.2) is 0 Å². The van der Waals surface area contributed by atoms with E-state index in [-0.39, 0.29) is 18.5 Å². The first-order chi connectivity index (χ1) is 28.0. The smallest absolute Gasteiger partial charge is 0.305 e. The summed E-state index contributed by atoms with van der Waals surface area (Å²) in [5.74, 6) is 1.37. The standard InChI is InChI=1S/C51H101NO5/c1-5-9-13-17-26-36-48(34-24-15-11-7-3)38-40-50(54)56-46-32-21-19-28-42-52(44-30-23-31-45-53)43-29-20-22-33-47-57-51(55)41-39-49(35-25-16-12-8-4)37-27-18-14-10-6-2/h48-49,53H,5-47H2,1-4H3. The minimum Gasteiger partial charge on any atom is -0.466 e. The summed E-state index contributed by atoms with van der Waals surface area (Å²) in [6.45, 7) is 13.8. The van der Waals surface area contributed by atoms with E-state index in [1.54, 1.807) is 0 Å². The molecule has 0 aliphatic rings. The number of ether oxygens (including phenoxy) is 2. The molecule has 0 spiro atoms. The van der Waals surface area contributed by atoms with Crippen LogP contribution in [0, 0.1) is 11.8 Å². The van der Waals surface area contributed by atoms with Crippen LogP contribution >= 0.6 is 0 Å². The largest absolute Gasteiger partial charge is 0.466 e. The van der Waals surface area contributed by atoms with E-state index in [2.05, 4.69) is 32.6 Å². The Morgan fingerprint density at radius 3 is 1.04 bits per heavy atom. The number of aliphatic hydroxyl groups is 1. The number of nitrogens with zero attached hydrogens (tertiary/aromatic N) is 1. The van der Waals surface area contributed by atoms with Crippen molar-refractivity contribution in [2.45, 2.75) is 265 Å². The van der Waals surface area contributed by atoms with Gasteiger partial charge in [-0.1, -0.05) is 195 Å². The van der Waals surface area contributed by atoms with E-state index in [0.717, 1.165) is 77.4 Å². The second kappa shape index (κ2) is 45.9. The van der Waals surface area contributed by atoms with E-state index in [1.807, 2.05) is 0 Å². The molecule has 0 fully saturated rings. The lowest BCUT2D eigenvalue weighted by Gasteiger charge is -2.22. The van der Waals surface area contributed by atoms with Gasteiger partial charge in [-0.2, -0.15) is 0 Å². The molecular formula is C51H101NO5. The fourth-order valence-electron chi connectivity index (χ4n) is 8.36. The zero-order valence-electron chi connectivity index (χ0n) is 39.1. The molecule has 0 saturated heterocycles. The first kappa shape index (κ1) is 55.9. The average molecular weight is 808 g/mol. The predicted octanol–water partition coefficient (Wildman–Crippen LogP) is 15.1. The topological polar surface area (TPSA) is 76.1 Å². The number of carbonyl (C=O) groups is 2. The molecule has 0 aromatic carbocycles. The highest BCUT2D eigenvalue weighted by Gasteiger charge is 2.14. The maximum Gasteiger partial charge on any atom is 0.305 e. The van der Waals surface area contributed by atoms with E-state index in [9.17, 15) is 14.7 Å². The molecule has 57 heavy (non-hydrogen) atoms. The summed E-state index contributed by atoms with van der Waals surface area (Å²) >= 11 is 0. The fourth-order valence-corrected chi connectivity index (χ4v) is 8.36. The summed E-state index contributed by atoms with van der Waals surface area (Å²) in [5.41, 5.74) is 0. The third-order valence-corrected chi connectivity index (χ3v) is 12.3. The minimum absolute atomic E-state index is 0.00667. The zero-order valence-corrected chi connectivity index (χ0v) is 39.1. The van der Waals surface area contributed by atoms with Crippen LogP contribution in [0.3, 0.4) is 0 Å². The summed E-state index contributed by atoms with van der Waals surface area (Å²) in [6.07, 6.45) is 44.0. The Balaban J connectivity index is 4.26. The SMILES string of the molecule is CCCCCCCC(CCCCCC)CCC(=O)OCCCCCCN(CCCCCO)CCCCCCOC(=O)CCC(CCCCCC)CCCCCCC. The molecule has 0 rings (SSSR count). The molecule has 0 radical (unpaired) electrons. The zero-order chi connectivity index (χ0) is 41.7. The van der Waals surface area contributed by atoms with E-state index in [4.69, 9.17) is 9.47 Å². The quantitative estimate of drug-likeness (QED) is 0.0487. The fraction of sp³-hybridized carbons (Fsp3) is 0.961. The van der Waals surface area contributed by atoms with Crippen molar-refractivity contribution in [3.63, 3.8) is 0 Å². The second-order valence-corrected chi connectivity index (χ2v) is 17.8. The number of aliphatic hydroxyl groups excluding tert-OH is 1. The third-order valence-electron chi connectivity index (χ3n) is 12.3. The van der Waals surface area contributed by atoms with Crippen molar-refractivity contribution in [3.8, 4) is 0 Å². The van der Waals surface area contributed by atoms with Gasteiger partial charge in [0.05, 0.1) is 13.2 Å². The van der Waals surface area contributed by atoms with Crippen molar-refractivity contribution >= 4 is 11.9 Å². The van der Waals surface area contributed by atoms with Crippen molar-refractivity contribution in [1.29, 1.82) is 0 Å². The van der Waals surface area contributed by atoms with Gasteiger partial charge < -0.3 is 19.5 Å². The Bertz CT molecular complexity index is 761. The van der Waals surface area contributed by atoms with Gasteiger partial charge in [-0.3, -0.25) is 9.59 Å². The number of hydrogen-bond acceptors (Lipinski definition) is 6. The van der Waals surface area contributed by atoms with E-state index in [0.29, 0.717) is 37.9 Å². The molecule has 340 valence electrons. The van der Waals surface area contributed by atoms with Crippen molar-refractivity contribution in [1.82, 2.24) is 4.90 Å². The van der Waals surface area contributed by atoms with Gasteiger partial charge in [0.1, 0.15) is 0 Å². The van der Waals surface area contributed by atoms with Crippen LogP contribution in [0.25, 0.3) is 0 Å². The molecule has 0 bridgehead atoms. The molecular weight excluding hydrogens is 707 g/mol. The lowest BCUT2D eigenvalue weighted by molar-refractivity contribution is -0.145. The Hall–Kier alpha value is -1.14. The van der Waals surface area contributed by atoms with Crippen molar-refractivity contribution in [2.75, 3.05) is 39.5 Å². The summed E-state index contributed by atoms with van der Waals surface area (Å²) in [5, 5.41) is 9.23. The third kappa shape index (κ3) is 41.4. The highest BCUT2D eigenvalue weighted by molar-refractivity contribution is 5.69. The van der Waals surface area contributed by atoms with Crippen molar-refractivity contribution < 1.29 is 24.2 Å². The molecule has 0 aliphatic heterocycles. The molecule has 0 saturated carbocycles.